The lowest BCUT2D eigenvalue weighted by molar-refractivity contribution is 1.32. The van der Waals surface area contributed by atoms with Gasteiger partial charge in [-0.3, -0.25) is 0 Å². The summed E-state index contributed by atoms with van der Waals surface area (Å²) in [5.74, 6) is 0. The Morgan fingerprint density at radius 3 is 1.40 bits per heavy atom. The van der Waals surface area contributed by atoms with Gasteiger partial charge in [0, 0.05) is 47.7 Å². The number of thiophene rings is 2. The van der Waals surface area contributed by atoms with Crippen LogP contribution in [0.25, 0.3) is 42.8 Å². The average molecular weight is 733 g/mol. The maximum Gasteiger partial charge on any atom is 0.101 e. The van der Waals surface area contributed by atoms with Crippen LogP contribution in [0.15, 0.2) is 204 Å². The van der Waals surface area contributed by atoms with Gasteiger partial charge in [0.05, 0.1) is 0 Å². The second-order valence-corrected chi connectivity index (χ2v) is 16.1. The lowest BCUT2D eigenvalue weighted by Gasteiger charge is -2.24. The van der Waals surface area contributed by atoms with Gasteiger partial charge in [-0.1, -0.05) is 121 Å². The Balaban J connectivity index is 1.00. The second-order valence-electron chi connectivity index (χ2n) is 12.9. The zero-order chi connectivity index (χ0) is 35.1. The van der Waals surface area contributed by atoms with Gasteiger partial charge in [0.15, 0.2) is 0 Å². The summed E-state index contributed by atoms with van der Waals surface area (Å²) in [5.41, 5.74) is 9.73. The van der Waals surface area contributed by atoms with Gasteiger partial charge in [-0.2, -0.15) is 0 Å². The Morgan fingerprint density at radius 2 is 0.830 bits per heavy atom. The van der Waals surface area contributed by atoms with E-state index in [1.807, 2.05) is 34.4 Å². The van der Waals surface area contributed by atoms with Gasteiger partial charge in [-0.25, -0.2) is 0 Å². The Hall–Kier alpha value is -5.85. The number of para-hydroxylation sites is 4. The number of fused-ring (bicyclic) bond motifs is 2. The molecule has 2 aromatic heterocycles. The summed E-state index contributed by atoms with van der Waals surface area (Å²) in [6.07, 6.45) is 0. The third-order valence-corrected chi connectivity index (χ3v) is 13.1. The zero-order valence-electron chi connectivity index (χ0n) is 28.6. The molecule has 0 saturated carbocycles. The molecule has 0 bridgehead atoms. The molecular weight excluding hydrogens is 701 g/mol. The molecule has 0 amide bonds. The summed E-state index contributed by atoms with van der Waals surface area (Å²) in [5, 5.41) is 5.02. The number of benzene rings is 7. The van der Waals surface area contributed by atoms with E-state index < -0.39 is 0 Å². The van der Waals surface area contributed by atoms with Crippen LogP contribution in [-0.4, -0.2) is 0 Å². The summed E-state index contributed by atoms with van der Waals surface area (Å²) < 4.78 is 0. The van der Waals surface area contributed by atoms with Crippen molar-refractivity contribution in [2.75, 3.05) is 9.80 Å². The summed E-state index contributed by atoms with van der Waals surface area (Å²) in [7, 11) is 0. The van der Waals surface area contributed by atoms with E-state index in [1.165, 1.54) is 62.6 Å². The minimum absolute atomic E-state index is 1.15. The molecule has 0 aliphatic carbocycles. The van der Waals surface area contributed by atoms with Crippen molar-refractivity contribution in [3.8, 4) is 32.0 Å². The molecule has 0 saturated heterocycles. The molecule has 53 heavy (non-hydrogen) atoms. The SMILES string of the molecule is c1ccc(N(c2ccccc2)c2ccc(-c3ccc4c(c3)Sc3cccc5c(-c6ccc(N(c7ccccc7)c7ccccc7)s6)ccc-4c35)s2)cc1. The fourth-order valence-corrected chi connectivity index (χ4v) is 10.6. The summed E-state index contributed by atoms with van der Waals surface area (Å²) in [6, 6.07) is 70.0. The van der Waals surface area contributed by atoms with Gasteiger partial charge in [0.2, 0.25) is 0 Å². The summed E-state index contributed by atoms with van der Waals surface area (Å²) in [4.78, 5) is 9.82. The molecule has 0 fully saturated rings. The van der Waals surface area contributed by atoms with E-state index in [0.717, 1.165) is 22.7 Å². The quantitative estimate of drug-likeness (QED) is 0.154. The minimum Gasteiger partial charge on any atom is -0.302 e. The van der Waals surface area contributed by atoms with Crippen molar-refractivity contribution < 1.29 is 0 Å². The number of nitrogens with zero attached hydrogens (tertiary/aromatic N) is 2. The molecular formula is C48H32N2S3. The average Bonchev–Trinajstić information content (AvgIpc) is 3.91. The standard InChI is InChI=1S/C48H32N2S3/c1-5-14-34(15-6-1)49(35-16-7-2-8-17-35)46-30-28-42(52-46)33-24-25-39-41-27-26-38(40-22-13-23-44(48(40)41)51-45(39)32-33)43-29-31-47(53-43)50(36-18-9-3-10-19-36)37-20-11-4-12-21-37/h1-32H. The van der Waals surface area contributed by atoms with E-state index in [4.69, 9.17) is 0 Å². The Kier molecular flexibility index (Phi) is 8.18. The van der Waals surface area contributed by atoms with Gasteiger partial charge in [0.1, 0.15) is 10.0 Å². The van der Waals surface area contributed by atoms with Gasteiger partial charge in [-0.15, -0.1) is 22.7 Å². The van der Waals surface area contributed by atoms with Crippen molar-refractivity contribution in [2.24, 2.45) is 0 Å². The number of hydrogen-bond donors (Lipinski definition) is 0. The van der Waals surface area contributed by atoms with E-state index in [1.54, 1.807) is 0 Å². The maximum absolute atomic E-state index is 2.38. The molecule has 0 atom stereocenters. The van der Waals surface area contributed by atoms with E-state index in [9.17, 15) is 0 Å². The fourth-order valence-electron chi connectivity index (χ4n) is 7.31. The first kappa shape index (κ1) is 31.9. The zero-order valence-corrected chi connectivity index (χ0v) is 31.0. The molecule has 7 aromatic carbocycles. The first-order valence-corrected chi connectivity index (χ1v) is 20.1. The normalized spacial score (nSPS) is 11.7. The first-order chi connectivity index (χ1) is 26.3. The van der Waals surface area contributed by atoms with Crippen molar-refractivity contribution in [1.82, 2.24) is 0 Å². The largest absolute Gasteiger partial charge is 0.302 e. The minimum atomic E-state index is 1.15. The molecule has 0 spiro atoms. The number of anilines is 6. The van der Waals surface area contributed by atoms with Crippen LogP contribution in [0.1, 0.15) is 0 Å². The number of hydrogen-bond acceptors (Lipinski definition) is 5. The van der Waals surface area contributed by atoms with Crippen LogP contribution in [-0.2, 0) is 0 Å². The third kappa shape index (κ3) is 5.84. The van der Waals surface area contributed by atoms with E-state index in [2.05, 4.69) is 204 Å². The highest BCUT2D eigenvalue weighted by Crippen LogP contribution is 2.52. The van der Waals surface area contributed by atoms with Crippen molar-refractivity contribution in [3.63, 3.8) is 0 Å². The third-order valence-electron chi connectivity index (χ3n) is 9.73. The summed E-state index contributed by atoms with van der Waals surface area (Å²) >= 11 is 5.56. The van der Waals surface area contributed by atoms with Crippen LogP contribution < -0.4 is 9.80 Å². The van der Waals surface area contributed by atoms with Crippen LogP contribution in [0.2, 0.25) is 0 Å². The highest BCUT2D eigenvalue weighted by atomic mass is 32.2. The molecule has 10 rings (SSSR count). The topological polar surface area (TPSA) is 6.48 Å². The Bertz CT molecular complexity index is 2620. The Morgan fingerprint density at radius 1 is 0.340 bits per heavy atom. The van der Waals surface area contributed by atoms with Crippen molar-refractivity contribution >= 4 is 78.0 Å². The molecule has 2 nitrogen and oxygen atoms in total. The molecule has 0 unspecified atom stereocenters. The van der Waals surface area contributed by atoms with Crippen molar-refractivity contribution in [1.29, 1.82) is 0 Å². The van der Waals surface area contributed by atoms with Crippen LogP contribution in [0.5, 0.6) is 0 Å². The smallest absolute Gasteiger partial charge is 0.101 e. The highest BCUT2D eigenvalue weighted by Gasteiger charge is 2.23. The van der Waals surface area contributed by atoms with Crippen LogP contribution >= 0.6 is 34.4 Å². The lowest BCUT2D eigenvalue weighted by atomic mass is 9.93. The highest BCUT2D eigenvalue weighted by molar-refractivity contribution is 7.99. The van der Waals surface area contributed by atoms with Gasteiger partial charge >= 0.3 is 0 Å². The second kappa shape index (κ2) is 13.6. The van der Waals surface area contributed by atoms with Gasteiger partial charge in [0.25, 0.3) is 0 Å². The molecule has 0 radical (unpaired) electrons. The molecule has 9 aromatic rings. The van der Waals surface area contributed by atoms with Crippen molar-refractivity contribution in [3.05, 3.63) is 194 Å². The molecule has 5 heteroatoms. The van der Waals surface area contributed by atoms with E-state index in [-0.39, 0.29) is 0 Å². The molecule has 252 valence electrons. The summed E-state index contributed by atoms with van der Waals surface area (Å²) in [6.45, 7) is 0. The predicted molar refractivity (Wildman–Crippen MR) is 229 cm³/mol. The monoisotopic (exact) mass is 732 g/mol. The first-order valence-electron chi connectivity index (χ1n) is 17.7. The van der Waals surface area contributed by atoms with Crippen molar-refractivity contribution in [2.45, 2.75) is 9.79 Å². The van der Waals surface area contributed by atoms with Gasteiger partial charge < -0.3 is 9.80 Å². The molecule has 0 N–H and O–H groups in total. The van der Waals surface area contributed by atoms with Crippen LogP contribution in [0.3, 0.4) is 0 Å². The number of rotatable bonds is 8. The van der Waals surface area contributed by atoms with Crippen LogP contribution in [0, 0.1) is 0 Å². The maximum atomic E-state index is 2.38. The van der Waals surface area contributed by atoms with E-state index >= 15 is 0 Å². The predicted octanol–water partition coefficient (Wildman–Crippen LogP) is 15.4. The Labute approximate surface area is 321 Å². The fraction of sp³-hybridized carbons (Fsp3) is 0. The van der Waals surface area contributed by atoms with Crippen LogP contribution in [0.4, 0.5) is 32.8 Å². The molecule has 1 aliphatic rings. The molecule has 3 heterocycles. The van der Waals surface area contributed by atoms with E-state index in [0.29, 0.717) is 0 Å². The lowest BCUT2D eigenvalue weighted by Crippen LogP contribution is -2.07. The molecule has 1 aliphatic heterocycles. The van der Waals surface area contributed by atoms with Gasteiger partial charge in [-0.05, 0) is 113 Å².